The molecule has 1 aliphatic heterocycles. The lowest BCUT2D eigenvalue weighted by molar-refractivity contribution is 0.0206. The van der Waals surface area contributed by atoms with Gasteiger partial charge in [-0.1, -0.05) is 42.0 Å². The maximum Gasteiger partial charge on any atom is 0.255 e. The number of carbonyl (C=O) groups is 1. The van der Waals surface area contributed by atoms with Crippen LogP contribution in [-0.2, 0) is 4.74 Å². The number of hydrogen-bond acceptors (Lipinski definition) is 5. The molecule has 6 heteroatoms. The molecule has 1 fully saturated rings. The predicted octanol–water partition coefficient (Wildman–Crippen LogP) is 5.42. The average Bonchev–Trinajstić information content (AvgIpc) is 3.23. The van der Waals surface area contributed by atoms with E-state index in [1.54, 1.807) is 7.11 Å². The third kappa shape index (κ3) is 4.42. The standard InChI is InChI=1S/C28H28N2O4/c1-19-7-9-21(10-8-19)28(31)29-25-23-5-3-4-6-24(23)34-27(25)26(30-15-17-33-18-16-30)20-11-13-22(32-2)14-12-20/h3-14,26H,15-18H2,1-2H3,(H,29,31). The van der Waals surface area contributed by atoms with E-state index in [0.29, 0.717) is 30.2 Å². The molecule has 0 bridgehead atoms. The normalized spacial score (nSPS) is 15.2. The smallest absolute Gasteiger partial charge is 0.255 e. The van der Waals surface area contributed by atoms with Crippen LogP contribution in [0.5, 0.6) is 5.75 Å². The fraction of sp³-hybridized carbons (Fsp3) is 0.250. The number of furan rings is 1. The van der Waals surface area contributed by atoms with E-state index < -0.39 is 0 Å². The van der Waals surface area contributed by atoms with E-state index in [4.69, 9.17) is 13.9 Å². The number of ether oxygens (including phenoxy) is 2. The van der Waals surface area contributed by atoms with E-state index in [0.717, 1.165) is 40.9 Å². The highest BCUT2D eigenvalue weighted by Gasteiger charge is 2.31. The Balaban J connectivity index is 1.61. The quantitative estimate of drug-likeness (QED) is 0.420. The van der Waals surface area contributed by atoms with Gasteiger partial charge >= 0.3 is 0 Å². The summed E-state index contributed by atoms with van der Waals surface area (Å²) in [6, 6.07) is 23.2. The number of benzene rings is 3. The summed E-state index contributed by atoms with van der Waals surface area (Å²) in [7, 11) is 1.66. The van der Waals surface area contributed by atoms with Crippen LogP contribution in [0.15, 0.2) is 77.2 Å². The van der Waals surface area contributed by atoms with Gasteiger partial charge in [-0.05, 0) is 48.9 Å². The van der Waals surface area contributed by atoms with Crippen molar-refractivity contribution in [3.63, 3.8) is 0 Å². The molecule has 1 amide bonds. The predicted molar refractivity (Wildman–Crippen MR) is 133 cm³/mol. The number of nitrogens with one attached hydrogen (secondary N) is 1. The third-order valence-electron chi connectivity index (χ3n) is 6.27. The second-order valence-corrected chi connectivity index (χ2v) is 8.48. The highest BCUT2D eigenvalue weighted by molar-refractivity contribution is 6.09. The number of hydrogen-bond donors (Lipinski definition) is 1. The Labute approximate surface area is 199 Å². The van der Waals surface area contributed by atoms with Crippen molar-refractivity contribution < 1.29 is 18.7 Å². The van der Waals surface area contributed by atoms with Gasteiger partial charge in [0.25, 0.3) is 5.91 Å². The Bertz CT molecular complexity index is 1270. The van der Waals surface area contributed by atoms with E-state index in [9.17, 15) is 4.79 Å². The van der Waals surface area contributed by atoms with Gasteiger partial charge in [-0.3, -0.25) is 9.69 Å². The second kappa shape index (κ2) is 9.71. The Morgan fingerprint density at radius 1 is 0.971 bits per heavy atom. The Morgan fingerprint density at radius 2 is 1.68 bits per heavy atom. The van der Waals surface area contributed by atoms with Crippen molar-refractivity contribution in [2.75, 3.05) is 38.7 Å². The van der Waals surface area contributed by atoms with Crippen molar-refractivity contribution in [3.05, 3.63) is 95.2 Å². The van der Waals surface area contributed by atoms with Crippen LogP contribution in [0.3, 0.4) is 0 Å². The number of rotatable bonds is 6. The summed E-state index contributed by atoms with van der Waals surface area (Å²) in [6.07, 6.45) is 0. The molecule has 5 rings (SSSR count). The van der Waals surface area contributed by atoms with Crippen molar-refractivity contribution in [1.82, 2.24) is 4.90 Å². The highest BCUT2D eigenvalue weighted by atomic mass is 16.5. The van der Waals surface area contributed by atoms with Gasteiger partial charge in [-0.2, -0.15) is 0 Å². The van der Waals surface area contributed by atoms with Crippen LogP contribution >= 0.6 is 0 Å². The monoisotopic (exact) mass is 456 g/mol. The number of para-hydroxylation sites is 1. The van der Waals surface area contributed by atoms with Crippen LogP contribution < -0.4 is 10.1 Å². The summed E-state index contributed by atoms with van der Waals surface area (Å²) < 4.78 is 17.4. The lowest BCUT2D eigenvalue weighted by Crippen LogP contribution is -2.39. The average molecular weight is 457 g/mol. The van der Waals surface area contributed by atoms with Crippen LogP contribution in [0.4, 0.5) is 5.69 Å². The molecule has 0 spiro atoms. The number of anilines is 1. The SMILES string of the molecule is COc1ccc(C(c2oc3ccccc3c2NC(=O)c2ccc(C)cc2)N2CCOCC2)cc1. The van der Waals surface area contributed by atoms with Crippen LogP contribution in [0.1, 0.15) is 33.3 Å². The maximum absolute atomic E-state index is 13.2. The molecule has 1 aliphatic rings. The molecule has 0 radical (unpaired) electrons. The van der Waals surface area contributed by atoms with Crippen LogP contribution in [0.25, 0.3) is 11.0 Å². The maximum atomic E-state index is 13.2. The fourth-order valence-electron chi connectivity index (χ4n) is 4.43. The van der Waals surface area contributed by atoms with Crippen LogP contribution in [0, 0.1) is 6.92 Å². The lowest BCUT2D eigenvalue weighted by Gasteiger charge is -2.34. The van der Waals surface area contributed by atoms with Crippen molar-refractivity contribution in [3.8, 4) is 5.75 Å². The van der Waals surface area contributed by atoms with Gasteiger partial charge in [-0.15, -0.1) is 0 Å². The first kappa shape index (κ1) is 22.2. The Kier molecular flexibility index (Phi) is 6.34. The lowest BCUT2D eigenvalue weighted by atomic mass is 10.00. The minimum Gasteiger partial charge on any atom is -0.497 e. The minimum absolute atomic E-state index is 0.164. The number of carbonyl (C=O) groups excluding carboxylic acids is 1. The Morgan fingerprint density at radius 3 is 2.38 bits per heavy atom. The molecule has 3 aromatic carbocycles. The van der Waals surface area contributed by atoms with Gasteiger partial charge in [0.15, 0.2) is 0 Å². The number of fused-ring (bicyclic) bond motifs is 1. The second-order valence-electron chi connectivity index (χ2n) is 8.48. The first-order valence-electron chi connectivity index (χ1n) is 11.5. The van der Waals surface area contributed by atoms with Gasteiger partial charge in [0, 0.05) is 24.0 Å². The fourth-order valence-corrected chi connectivity index (χ4v) is 4.43. The van der Waals surface area contributed by atoms with E-state index in [1.165, 1.54) is 0 Å². The molecule has 0 aliphatic carbocycles. The van der Waals surface area contributed by atoms with Gasteiger partial charge in [0.2, 0.25) is 0 Å². The van der Waals surface area contributed by atoms with Gasteiger partial charge in [0.05, 0.1) is 32.1 Å². The zero-order chi connectivity index (χ0) is 23.5. The molecule has 174 valence electrons. The largest absolute Gasteiger partial charge is 0.497 e. The molecule has 0 saturated carbocycles. The molecule has 34 heavy (non-hydrogen) atoms. The van der Waals surface area contributed by atoms with Crippen LogP contribution in [-0.4, -0.2) is 44.2 Å². The highest BCUT2D eigenvalue weighted by Crippen LogP contribution is 2.41. The molecule has 1 unspecified atom stereocenters. The van der Waals surface area contributed by atoms with Crippen molar-refractivity contribution >= 4 is 22.6 Å². The van der Waals surface area contributed by atoms with Crippen molar-refractivity contribution in [2.24, 2.45) is 0 Å². The number of amides is 1. The molecule has 1 atom stereocenters. The summed E-state index contributed by atoms with van der Waals surface area (Å²) in [4.78, 5) is 15.6. The zero-order valence-electron chi connectivity index (χ0n) is 19.4. The number of aryl methyl sites for hydroxylation is 1. The number of morpholine rings is 1. The molecule has 4 aromatic rings. The summed E-state index contributed by atoms with van der Waals surface area (Å²) >= 11 is 0. The van der Waals surface area contributed by atoms with Crippen molar-refractivity contribution in [2.45, 2.75) is 13.0 Å². The first-order chi connectivity index (χ1) is 16.6. The zero-order valence-corrected chi connectivity index (χ0v) is 19.4. The molecule has 1 aromatic heterocycles. The molecule has 2 heterocycles. The first-order valence-corrected chi connectivity index (χ1v) is 11.5. The van der Waals surface area contributed by atoms with E-state index in [1.807, 2.05) is 67.6 Å². The van der Waals surface area contributed by atoms with E-state index >= 15 is 0 Å². The topological polar surface area (TPSA) is 63.9 Å². The number of methoxy groups -OCH3 is 1. The van der Waals surface area contributed by atoms with Crippen LogP contribution in [0.2, 0.25) is 0 Å². The number of nitrogens with zero attached hydrogens (tertiary/aromatic N) is 1. The Hall–Kier alpha value is -3.61. The minimum atomic E-state index is -0.185. The van der Waals surface area contributed by atoms with Crippen molar-refractivity contribution in [1.29, 1.82) is 0 Å². The van der Waals surface area contributed by atoms with Gasteiger partial charge in [0.1, 0.15) is 17.1 Å². The summed E-state index contributed by atoms with van der Waals surface area (Å²) in [5.74, 6) is 1.35. The molecule has 6 nitrogen and oxygen atoms in total. The molecule has 1 saturated heterocycles. The third-order valence-corrected chi connectivity index (χ3v) is 6.27. The summed E-state index contributed by atoms with van der Waals surface area (Å²) in [6.45, 7) is 4.83. The van der Waals surface area contributed by atoms with Gasteiger partial charge < -0.3 is 19.2 Å². The summed E-state index contributed by atoms with van der Waals surface area (Å²) in [5.41, 5.74) is 4.22. The molecule has 1 N–H and O–H groups in total. The van der Waals surface area contributed by atoms with Gasteiger partial charge in [-0.25, -0.2) is 0 Å². The molecular formula is C28H28N2O4. The molecular weight excluding hydrogens is 428 g/mol. The van der Waals surface area contributed by atoms with E-state index in [2.05, 4.69) is 22.3 Å². The van der Waals surface area contributed by atoms with E-state index in [-0.39, 0.29) is 11.9 Å². The summed E-state index contributed by atoms with van der Waals surface area (Å²) in [5, 5.41) is 4.05.